The van der Waals surface area contributed by atoms with Crippen molar-refractivity contribution in [3.05, 3.63) is 52.3 Å². The molecular formula is C21H23F2N3O2. The Morgan fingerprint density at radius 1 is 1.21 bits per heavy atom. The summed E-state index contributed by atoms with van der Waals surface area (Å²) in [5.74, 6) is -1.47. The fourth-order valence-electron chi connectivity index (χ4n) is 4.94. The number of aromatic nitrogens is 1. The Hall–Kier alpha value is -2.27. The number of nitrogens with zero attached hydrogens (tertiary/aromatic N) is 3. The monoisotopic (exact) mass is 387 g/mol. The van der Waals surface area contributed by atoms with E-state index in [1.807, 2.05) is 0 Å². The van der Waals surface area contributed by atoms with Crippen molar-refractivity contribution >= 4 is 0 Å². The molecule has 148 valence electrons. The van der Waals surface area contributed by atoms with Crippen LogP contribution < -0.4 is 0 Å². The van der Waals surface area contributed by atoms with E-state index in [4.69, 9.17) is 5.26 Å². The molecule has 2 bridgehead atoms. The lowest BCUT2D eigenvalue weighted by molar-refractivity contribution is 0.0797. The summed E-state index contributed by atoms with van der Waals surface area (Å²) in [6.07, 6.45) is 1.58. The largest absolute Gasteiger partial charge is 0.391 e. The number of benzene rings is 1. The summed E-state index contributed by atoms with van der Waals surface area (Å²) in [6.45, 7) is 3.93. The van der Waals surface area contributed by atoms with E-state index in [-0.39, 0.29) is 23.4 Å². The van der Waals surface area contributed by atoms with Gasteiger partial charge in [-0.05, 0) is 45.2 Å². The Balaban J connectivity index is 1.65. The molecule has 2 aromatic rings. The molecule has 4 rings (SSSR count). The molecule has 0 aliphatic carbocycles. The molecule has 1 aromatic heterocycles. The van der Waals surface area contributed by atoms with Gasteiger partial charge in [0.1, 0.15) is 17.7 Å². The van der Waals surface area contributed by atoms with E-state index in [1.54, 1.807) is 30.6 Å². The van der Waals surface area contributed by atoms with E-state index in [0.717, 1.165) is 31.4 Å². The zero-order valence-corrected chi connectivity index (χ0v) is 15.9. The first-order chi connectivity index (χ1) is 13.3. The van der Waals surface area contributed by atoms with E-state index >= 15 is 0 Å². The SMILES string of the molecule is Cc1cc(C(O)CN2C3CCC2[C@@H](O)C3)c(C)n1-c1cc(F)c(C#N)cc1F. The zero-order valence-electron chi connectivity index (χ0n) is 15.9. The molecule has 4 atom stereocenters. The van der Waals surface area contributed by atoms with E-state index in [0.29, 0.717) is 29.5 Å². The molecule has 2 aliphatic rings. The number of hydrogen-bond acceptors (Lipinski definition) is 4. The second-order valence-electron chi connectivity index (χ2n) is 7.87. The molecule has 28 heavy (non-hydrogen) atoms. The third kappa shape index (κ3) is 2.93. The number of halogens is 2. The second kappa shape index (κ2) is 6.96. The maximum Gasteiger partial charge on any atom is 0.148 e. The smallest absolute Gasteiger partial charge is 0.148 e. The van der Waals surface area contributed by atoms with Crippen LogP contribution in [0.4, 0.5) is 8.78 Å². The Morgan fingerprint density at radius 2 is 1.96 bits per heavy atom. The molecule has 0 saturated carbocycles. The van der Waals surface area contributed by atoms with Gasteiger partial charge in [-0.2, -0.15) is 5.26 Å². The molecule has 2 fully saturated rings. The second-order valence-corrected chi connectivity index (χ2v) is 7.87. The highest BCUT2D eigenvalue weighted by molar-refractivity contribution is 5.47. The Morgan fingerprint density at radius 3 is 2.57 bits per heavy atom. The molecule has 3 heterocycles. The van der Waals surface area contributed by atoms with Crippen molar-refractivity contribution in [3.63, 3.8) is 0 Å². The highest BCUT2D eigenvalue weighted by Crippen LogP contribution is 2.39. The van der Waals surface area contributed by atoms with E-state index < -0.39 is 17.7 Å². The van der Waals surface area contributed by atoms with Gasteiger partial charge >= 0.3 is 0 Å². The summed E-state index contributed by atoms with van der Waals surface area (Å²) in [5.41, 5.74) is 1.62. The first-order valence-corrected chi connectivity index (χ1v) is 9.52. The highest BCUT2D eigenvalue weighted by atomic mass is 19.1. The van der Waals surface area contributed by atoms with Crippen LogP contribution in [0.3, 0.4) is 0 Å². The minimum absolute atomic E-state index is 0.0154. The minimum Gasteiger partial charge on any atom is -0.391 e. The summed E-state index contributed by atoms with van der Waals surface area (Å²) in [6, 6.07) is 5.71. The van der Waals surface area contributed by atoms with Gasteiger partial charge in [0, 0.05) is 41.6 Å². The topological polar surface area (TPSA) is 72.4 Å². The van der Waals surface area contributed by atoms with Crippen molar-refractivity contribution < 1.29 is 19.0 Å². The summed E-state index contributed by atoms with van der Waals surface area (Å²) >= 11 is 0. The zero-order chi connectivity index (χ0) is 20.2. The molecular weight excluding hydrogens is 364 g/mol. The first kappa shape index (κ1) is 19.1. The van der Waals surface area contributed by atoms with Crippen molar-refractivity contribution in [1.29, 1.82) is 5.26 Å². The average Bonchev–Trinajstić information content (AvgIpc) is 3.27. The number of fused-ring (bicyclic) bond motifs is 2. The highest BCUT2D eigenvalue weighted by Gasteiger charge is 2.46. The van der Waals surface area contributed by atoms with Crippen LogP contribution in [0, 0.1) is 36.8 Å². The van der Waals surface area contributed by atoms with Crippen LogP contribution >= 0.6 is 0 Å². The lowest BCUT2D eigenvalue weighted by Crippen LogP contribution is -2.35. The summed E-state index contributed by atoms with van der Waals surface area (Å²) in [5, 5.41) is 29.8. The first-order valence-electron chi connectivity index (χ1n) is 9.52. The minimum atomic E-state index is -0.792. The van der Waals surface area contributed by atoms with Gasteiger partial charge in [-0.3, -0.25) is 4.90 Å². The van der Waals surface area contributed by atoms with Crippen LogP contribution in [0.25, 0.3) is 5.69 Å². The molecule has 5 nitrogen and oxygen atoms in total. The van der Waals surface area contributed by atoms with Gasteiger partial charge < -0.3 is 14.8 Å². The van der Waals surface area contributed by atoms with Crippen LogP contribution in [-0.4, -0.2) is 44.4 Å². The molecule has 2 saturated heterocycles. The lowest BCUT2D eigenvalue weighted by Gasteiger charge is -2.25. The van der Waals surface area contributed by atoms with E-state index in [1.165, 1.54) is 0 Å². The van der Waals surface area contributed by atoms with Crippen LogP contribution in [0.5, 0.6) is 0 Å². The quantitative estimate of drug-likeness (QED) is 0.846. The fraction of sp³-hybridized carbons (Fsp3) is 0.476. The lowest BCUT2D eigenvalue weighted by atomic mass is 9.98. The van der Waals surface area contributed by atoms with Gasteiger partial charge in [-0.25, -0.2) is 8.78 Å². The van der Waals surface area contributed by atoms with Crippen LogP contribution in [-0.2, 0) is 0 Å². The molecule has 0 spiro atoms. The van der Waals surface area contributed by atoms with Gasteiger partial charge in [-0.15, -0.1) is 0 Å². The Labute approximate surface area is 162 Å². The standard InChI is InChI=1S/C21H23F2N3O2/c1-11-5-15(21(28)10-25-14-3-4-18(25)20(27)7-14)12(2)26(11)19-8-16(22)13(9-24)6-17(19)23/h5-6,8,14,18,20-21,27-28H,3-4,7,10H2,1-2H3/t14?,18?,20-,21?/m0/s1. The van der Waals surface area contributed by atoms with E-state index in [2.05, 4.69) is 4.90 Å². The predicted molar refractivity (Wildman–Crippen MR) is 99.0 cm³/mol. The molecule has 2 aliphatic heterocycles. The van der Waals surface area contributed by atoms with E-state index in [9.17, 15) is 19.0 Å². The van der Waals surface area contributed by atoms with Gasteiger partial charge in [0.15, 0.2) is 0 Å². The summed E-state index contributed by atoms with van der Waals surface area (Å²) in [7, 11) is 0. The maximum atomic E-state index is 14.5. The molecule has 7 heteroatoms. The molecule has 1 aromatic carbocycles. The van der Waals surface area contributed by atoms with Gasteiger partial charge in [0.05, 0.1) is 23.5 Å². The van der Waals surface area contributed by atoms with Gasteiger partial charge in [0.25, 0.3) is 0 Å². The van der Waals surface area contributed by atoms with Crippen molar-refractivity contribution in [2.24, 2.45) is 0 Å². The number of aryl methyl sites for hydroxylation is 1. The third-order valence-corrected chi connectivity index (χ3v) is 6.26. The maximum absolute atomic E-state index is 14.5. The van der Waals surface area contributed by atoms with Crippen molar-refractivity contribution in [2.45, 2.75) is 57.4 Å². The number of rotatable bonds is 4. The number of nitriles is 1. The summed E-state index contributed by atoms with van der Waals surface area (Å²) in [4.78, 5) is 2.17. The third-order valence-electron chi connectivity index (χ3n) is 6.26. The molecule has 2 N–H and O–H groups in total. The van der Waals surface area contributed by atoms with Crippen LogP contribution in [0.2, 0.25) is 0 Å². The summed E-state index contributed by atoms with van der Waals surface area (Å²) < 4.78 is 30.1. The fourth-order valence-corrected chi connectivity index (χ4v) is 4.94. The number of aliphatic hydroxyl groups is 2. The van der Waals surface area contributed by atoms with Crippen molar-refractivity contribution in [1.82, 2.24) is 9.47 Å². The van der Waals surface area contributed by atoms with Crippen molar-refractivity contribution in [3.8, 4) is 11.8 Å². The number of hydrogen-bond donors (Lipinski definition) is 2. The predicted octanol–water partition coefficient (Wildman–Crippen LogP) is 2.88. The number of aliphatic hydroxyl groups excluding tert-OH is 2. The van der Waals surface area contributed by atoms with Crippen LogP contribution in [0.1, 0.15) is 47.9 Å². The van der Waals surface area contributed by atoms with Crippen molar-refractivity contribution in [2.75, 3.05) is 6.54 Å². The molecule has 0 radical (unpaired) electrons. The van der Waals surface area contributed by atoms with Crippen LogP contribution in [0.15, 0.2) is 18.2 Å². The van der Waals surface area contributed by atoms with Gasteiger partial charge in [0.2, 0.25) is 0 Å². The molecule has 3 unspecified atom stereocenters. The Bertz CT molecular complexity index is 966. The Kier molecular flexibility index (Phi) is 4.74. The van der Waals surface area contributed by atoms with Gasteiger partial charge in [-0.1, -0.05) is 0 Å². The average molecular weight is 387 g/mol. The molecule has 0 amide bonds. The normalized spacial score (nSPS) is 25.2.